The van der Waals surface area contributed by atoms with Crippen LogP contribution in [0.15, 0.2) is 84.9 Å². The molecule has 0 aromatic heterocycles. The van der Waals surface area contributed by atoms with E-state index >= 15 is 0 Å². The Hall–Kier alpha value is -2.29. The van der Waals surface area contributed by atoms with Gasteiger partial charge in [0.15, 0.2) is 0 Å². The molecule has 0 saturated carbocycles. The van der Waals surface area contributed by atoms with Crippen molar-refractivity contribution in [2.45, 2.75) is 13.2 Å². The van der Waals surface area contributed by atoms with Gasteiger partial charge in [0.1, 0.15) is 0 Å². The van der Waals surface area contributed by atoms with E-state index in [0.717, 1.165) is 32.7 Å². The highest BCUT2D eigenvalue weighted by Gasteiger charge is 2.10. The molecule has 0 fully saturated rings. The first-order valence-electron chi connectivity index (χ1n) is 8.49. The Morgan fingerprint density at radius 3 is 1.50 bits per heavy atom. The summed E-state index contributed by atoms with van der Waals surface area (Å²) in [6.07, 6.45) is 0. The predicted molar refractivity (Wildman–Crippen MR) is 107 cm³/mol. The Labute approximate surface area is 153 Å². The molecule has 0 aliphatic rings. The molecule has 0 heterocycles. The van der Waals surface area contributed by atoms with Crippen LogP contribution < -0.4 is 0 Å². The Bertz CT molecular complexity index is 938. The van der Waals surface area contributed by atoms with E-state index in [2.05, 4.69) is 36.4 Å². The van der Waals surface area contributed by atoms with E-state index in [0.29, 0.717) is 13.2 Å². The second-order valence-corrected chi connectivity index (χ2v) is 7.05. The van der Waals surface area contributed by atoms with Crippen LogP contribution in [0, 0.1) is 0 Å². The summed E-state index contributed by atoms with van der Waals surface area (Å²) >= 11 is 0. The van der Waals surface area contributed by atoms with Crippen molar-refractivity contribution in [1.82, 2.24) is 0 Å². The molecule has 4 aromatic rings. The topological polar surface area (TPSA) is 38.7 Å². The van der Waals surface area contributed by atoms with Crippen LogP contribution in [0.4, 0.5) is 0 Å². The third-order valence-electron chi connectivity index (χ3n) is 4.42. The maximum Gasteiger partial charge on any atom is 0.330 e. The van der Waals surface area contributed by atoms with Crippen LogP contribution in [-0.4, -0.2) is 4.89 Å². The molecule has 0 saturated heterocycles. The lowest BCUT2D eigenvalue weighted by Gasteiger charge is -2.13. The predicted octanol–water partition coefficient (Wildman–Crippen LogP) is 5.95. The molecule has 26 heavy (non-hydrogen) atoms. The van der Waals surface area contributed by atoms with Gasteiger partial charge in [-0.3, -0.25) is 0 Å². The van der Waals surface area contributed by atoms with Gasteiger partial charge in [0.05, 0.1) is 13.2 Å². The zero-order chi connectivity index (χ0) is 17.8. The summed E-state index contributed by atoms with van der Waals surface area (Å²) in [5.41, 5.74) is 2.08. The average Bonchev–Trinajstić information content (AvgIpc) is 2.70. The fraction of sp³-hybridized carbons (Fsp3) is 0.0909. The van der Waals surface area contributed by atoms with Gasteiger partial charge < -0.3 is 13.9 Å². The van der Waals surface area contributed by atoms with Crippen molar-refractivity contribution in [2.24, 2.45) is 0 Å². The Morgan fingerprint density at radius 1 is 0.577 bits per heavy atom. The summed E-state index contributed by atoms with van der Waals surface area (Å²) in [7, 11) is -1.94. The van der Waals surface area contributed by atoms with E-state index in [-0.39, 0.29) is 0 Å². The molecule has 0 aliphatic heterocycles. The normalized spacial score (nSPS) is 11.5. The first-order valence-corrected chi connectivity index (χ1v) is 9.62. The van der Waals surface area contributed by atoms with Gasteiger partial charge in [0, 0.05) is 0 Å². The number of fused-ring (bicyclic) bond motifs is 2. The summed E-state index contributed by atoms with van der Waals surface area (Å²) in [5, 5.41) is 4.58. The smallest absolute Gasteiger partial charge is 0.328 e. The lowest BCUT2D eigenvalue weighted by Crippen LogP contribution is -1.95. The molecule has 4 rings (SSSR count). The Balaban J connectivity index is 1.40. The maximum atomic E-state index is 10.1. The van der Waals surface area contributed by atoms with Crippen LogP contribution in [0.2, 0.25) is 0 Å². The van der Waals surface area contributed by atoms with Crippen molar-refractivity contribution in [3.05, 3.63) is 96.1 Å². The Kier molecular flexibility index (Phi) is 5.24. The van der Waals surface area contributed by atoms with Gasteiger partial charge in [-0.2, -0.15) is 0 Å². The lowest BCUT2D eigenvalue weighted by atomic mass is 10.1. The van der Waals surface area contributed by atoms with Crippen LogP contribution >= 0.6 is 8.60 Å². The van der Waals surface area contributed by atoms with E-state index in [1.807, 2.05) is 48.5 Å². The van der Waals surface area contributed by atoms with Gasteiger partial charge in [-0.1, -0.05) is 84.9 Å². The summed E-state index contributed by atoms with van der Waals surface area (Å²) in [6.45, 7) is 0.637. The first kappa shape index (κ1) is 17.1. The van der Waals surface area contributed by atoms with E-state index in [1.54, 1.807) is 0 Å². The standard InChI is InChI=1S/C22H19O3P/c23-26(24-15-19-11-5-9-17-7-1-3-13-21(17)19)25-16-20-12-6-10-18-8-2-4-14-22(18)20/h1-14,23H,15-16H2. The number of hydrogen-bond donors (Lipinski definition) is 1. The zero-order valence-electron chi connectivity index (χ0n) is 14.2. The lowest BCUT2D eigenvalue weighted by molar-refractivity contribution is 0.188. The third-order valence-corrected chi connectivity index (χ3v) is 5.12. The second kappa shape index (κ2) is 7.94. The number of rotatable bonds is 6. The summed E-state index contributed by atoms with van der Waals surface area (Å²) in [6, 6.07) is 28.4. The molecule has 0 radical (unpaired) electrons. The van der Waals surface area contributed by atoms with Gasteiger partial charge in [0.25, 0.3) is 0 Å². The molecule has 0 unspecified atom stereocenters. The molecule has 0 atom stereocenters. The van der Waals surface area contributed by atoms with E-state index < -0.39 is 8.60 Å². The molecular formula is C22H19O3P. The van der Waals surface area contributed by atoms with Gasteiger partial charge in [-0.15, -0.1) is 0 Å². The quantitative estimate of drug-likeness (QED) is 0.431. The highest BCUT2D eigenvalue weighted by atomic mass is 31.2. The second-order valence-electron chi connectivity index (χ2n) is 6.06. The number of benzene rings is 4. The molecule has 3 nitrogen and oxygen atoms in total. The van der Waals surface area contributed by atoms with E-state index in [9.17, 15) is 4.89 Å². The van der Waals surface area contributed by atoms with Crippen molar-refractivity contribution in [3.8, 4) is 0 Å². The van der Waals surface area contributed by atoms with Gasteiger partial charge in [-0.25, -0.2) is 0 Å². The SMILES string of the molecule is OP(OCc1cccc2ccccc12)OCc1cccc2ccccc12. The highest BCUT2D eigenvalue weighted by molar-refractivity contribution is 7.40. The van der Waals surface area contributed by atoms with E-state index in [4.69, 9.17) is 9.05 Å². The third kappa shape index (κ3) is 3.77. The van der Waals surface area contributed by atoms with Crippen LogP contribution in [0.3, 0.4) is 0 Å². The molecule has 130 valence electrons. The van der Waals surface area contributed by atoms with Crippen molar-refractivity contribution >= 4 is 30.1 Å². The van der Waals surface area contributed by atoms with Gasteiger partial charge >= 0.3 is 8.60 Å². The van der Waals surface area contributed by atoms with Gasteiger partial charge in [0.2, 0.25) is 0 Å². The Morgan fingerprint density at radius 2 is 1.00 bits per heavy atom. The van der Waals surface area contributed by atoms with Crippen LogP contribution in [0.1, 0.15) is 11.1 Å². The van der Waals surface area contributed by atoms with Crippen LogP contribution in [0.5, 0.6) is 0 Å². The first-order chi connectivity index (χ1) is 12.8. The molecule has 4 aromatic carbocycles. The minimum Gasteiger partial charge on any atom is -0.328 e. The minimum atomic E-state index is -1.94. The molecule has 0 bridgehead atoms. The van der Waals surface area contributed by atoms with Crippen LogP contribution in [-0.2, 0) is 22.3 Å². The molecule has 4 heteroatoms. The molecule has 0 aliphatic carbocycles. The fourth-order valence-electron chi connectivity index (χ4n) is 3.12. The van der Waals surface area contributed by atoms with Crippen molar-refractivity contribution in [3.63, 3.8) is 0 Å². The minimum absolute atomic E-state index is 0.319. The van der Waals surface area contributed by atoms with Gasteiger partial charge in [-0.05, 0) is 32.7 Å². The molecule has 0 spiro atoms. The molecule has 0 amide bonds. The summed E-state index contributed by atoms with van der Waals surface area (Å²) in [5.74, 6) is 0. The maximum absolute atomic E-state index is 10.1. The van der Waals surface area contributed by atoms with Crippen molar-refractivity contribution in [1.29, 1.82) is 0 Å². The fourth-order valence-corrected chi connectivity index (χ4v) is 3.70. The monoisotopic (exact) mass is 362 g/mol. The highest BCUT2D eigenvalue weighted by Crippen LogP contribution is 2.36. The molecular weight excluding hydrogens is 343 g/mol. The van der Waals surface area contributed by atoms with E-state index in [1.165, 1.54) is 0 Å². The summed E-state index contributed by atoms with van der Waals surface area (Å²) < 4.78 is 11.1. The largest absolute Gasteiger partial charge is 0.330 e. The van der Waals surface area contributed by atoms with Crippen LogP contribution in [0.25, 0.3) is 21.5 Å². The number of hydrogen-bond acceptors (Lipinski definition) is 3. The van der Waals surface area contributed by atoms with Crippen molar-refractivity contribution in [2.75, 3.05) is 0 Å². The van der Waals surface area contributed by atoms with Crippen molar-refractivity contribution < 1.29 is 13.9 Å². The summed E-state index contributed by atoms with van der Waals surface area (Å²) in [4.78, 5) is 10.1. The zero-order valence-corrected chi connectivity index (χ0v) is 15.1. The molecule has 1 N–H and O–H groups in total. The average molecular weight is 362 g/mol.